The third-order valence-electron chi connectivity index (χ3n) is 5.76. The number of aromatic nitrogens is 1. The van der Waals surface area contributed by atoms with Gasteiger partial charge in [0.05, 0.1) is 5.02 Å². The molecule has 0 aliphatic heterocycles. The highest BCUT2D eigenvalue weighted by Gasteiger charge is 2.17. The fraction of sp³-hybridized carbons (Fsp3) is 0.375. The molecule has 0 unspecified atom stereocenters. The maximum Gasteiger partial charge on any atom is 0.341 e. The first-order valence-electron chi connectivity index (χ1n) is 10.4. The van der Waals surface area contributed by atoms with Crippen LogP contribution < -0.4 is 9.47 Å². The zero-order valence-electron chi connectivity index (χ0n) is 17.0. The normalized spacial score (nSPS) is 14.7. The van der Waals surface area contributed by atoms with Gasteiger partial charge in [-0.25, -0.2) is 4.79 Å². The second-order valence-electron chi connectivity index (χ2n) is 8.07. The topological polar surface area (TPSA) is 71.6 Å². The van der Waals surface area contributed by atoms with Gasteiger partial charge in [0.15, 0.2) is 6.61 Å². The molecule has 1 aliphatic rings. The summed E-state index contributed by atoms with van der Waals surface area (Å²) in [5, 5.41) is 10.3. The van der Waals surface area contributed by atoms with Crippen LogP contribution in [-0.2, 0) is 11.2 Å². The third kappa shape index (κ3) is 4.73. The van der Waals surface area contributed by atoms with E-state index in [1.807, 2.05) is 19.1 Å². The molecule has 30 heavy (non-hydrogen) atoms. The van der Waals surface area contributed by atoms with Crippen molar-refractivity contribution >= 4 is 28.5 Å². The summed E-state index contributed by atoms with van der Waals surface area (Å²) in [6.07, 6.45) is 9.88. The monoisotopic (exact) mass is 427 g/mol. The molecule has 4 rings (SSSR count). The molecule has 0 bridgehead atoms. The Kier molecular flexibility index (Phi) is 6.18. The number of hydrogen-bond acceptors (Lipinski definition) is 3. The van der Waals surface area contributed by atoms with E-state index in [1.54, 1.807) is 12.1 Å². The first-order valence-corrected chi connectivity index (χ1v) is 10.8. The minimum absolute atomic E-state index is 0.381. The van der Waals surface area contributed by atoms with Crippen molar-refractivity contribution in [1.29, 1.82) is 0 Å². The number of nitrogens with one attached hydrogen (secondary N) is 1. The Morgan fingerprint density at radius 2 is 1.97 bits per heavy atom. The van der Waals surface area contributed by atoms with E-state index in [1.165, 1.54) is 43.1 Å². The van der Waals surface area contributed by atoms with Crippen molar-refractivity contribution in [3.63, 3.8) is 0 Å². The second kappa shape index (κ2) is 9.00. The fourth-order valence-electron chi connectivity index (χ4n) is 4.27. The highest BCUT2D eigenvalue weighted by atomic mass is 35.5. The summed E-state index contributed by atoms with van der Waals surface area (Å²) in [4.78, 5) is 14.1. The molecular weight excluding hydrogens is 402 g/mol. The molecule has 0 saturated heterocycles. The van der Waals surface area contributed by atoms with Gasteiger partial charge >= 0.3 is 5.97 Å². The summed E-state index contributed by atoms with van der Waals surface area (Å²) in [7, 11) is 0. The van der Waals surface area contributed by atoms with Gasteiger partial charge in [-0.05, 0) is 54.7 Å². The van der Waals surface area contributed by atoms with Crippen LogP contribution >= 0.6 is 11.6 Å². The molecule has 2 N–H and O–H groups in total. The largest absolute Gasteiger partial charge is 0.482 e. The molecule has 1 heterocycles. The lowest BCUT2D eigenvalue weighted by Gasteiger charge is -2.21. The smallest absolute Gasteiger partial charge is 0.341 e. The number of carboxylic acid groups (broad SMARTS) is 1. The molecule has 2 aromatic carbocycles. The van der Waals surface area contributed by atoms with E-state index in [0.717, 1.165) is 29.2 Å². The van der Waals surface area contributed by atoms with E-state index in [0.29, 0.717) is 16.5 Å². The van der Waals surface area contributed by atoms with Gasteiger partial charge in [0.1, 0.15) is 17.2 Å². The molecule has 6 heteroatoms. The SMILES string of the molecule is Cc1cc(OCC(=O)O)cc(Cl)c1Oc1ccc2[nH]cc(CC3CCCCC3)c2c1. The summed E-state index contributed by atoms with van der Waals surface area (Å²) < 4.78 is 11.4. The van der Waals surface area contributed by atoms with Gasteiger partial charge in [-0.15, -0.1) is 0 Å². The summed E-state index contributed by atoms with van der Waals surface area (Å²) >= 11 is 6.40. The quantitative estimate of drug-likeness (QED) is 0.451. The summed E-state index contributed by atoms with van der Waals surface area (Å²) in [6, 6.07) is 9.33. The lowest BCUT2D eigenvalue weighted by atomic mass is 9.85. The van der Waals surface area contributed by atoms with Crippen molar-refractivity contribution in [1.82, 2.24) is 4.98 Å². The van der Waals surface area contributed by atoms with Crippen LogP contribution in [0.4, 0.5) is 0 Å². The van der Waals surface area contributed by atoms with Crippen molar-refractivity contribution in [2.24, 2.45) is 5.92 Å². The third-order valence-corrected chi connectivity index (χ3v) is 6.04. The Morgan fingerprint density at radius 1 is 1.17 bits per heavy atom. The van der Waals surface area contributed by atoms with Crippen LogP contribution in [0.15, 0.2) is 36.5 Å². The number of ether oxygens (including phenoxy) is 2. The van der Waals surface area contributed by atoms with Crippen LogP contribution in [0, 0.1) is 12.8 Å². The predicted molar refractivity (Wildman–Crippen MR) is 118 cm³/mol. The second-order valence-corrected chi connectivity index (χ2v) is 8.47. The number of aromatic amines is 1. The number of fused-ring (bicyclic) bond motifs is 1. The van der Waals surface area contributed by atoms with Crippen LogP contribution in [0.25, 0.3) is 10.9 Å². The number of carboxylic acids is 1. The number of H-pyrrole nitrogens is 1. The molecule has 5 nitrogen and oxygen atoms in total. The Bertz CT molecular complexity index is 1030. The molecule has 1 aliphatic carbocycles. The Morgan fingerprint density at radius 3 is 2.70 bits per heavy atom. The van der Waals surface area contributed by atoms with Gasteiger partial charge in [0.25, 0.3) is 0 Å². The molecule has 0 atom stereocenters. The number of benzene rings is 2. The number of aryl methyl sites for hydroxylation is 1. The zero-order chi connectivity index (χ0) is 21.1. The maximum atomic E-state index is 10.7. The van der Waals surface area contributed by atoms with Crippen LogP contribution in [0.5, 0.6) is 17.2 Å². The number of hydrogen-bond donors (Lipinski definition) is 2. The van der Waals surface area contributed by atoms with E-state index < -0.39 is 12.6 Å². The predicted octanol–water partition coefficient (Wildman–Crippen LogP) is 6.51. The standard InChI is InChI=1S/C24H26ClNO4/c1-15-9-19(29-14-23(27)28)12-21(25)24(15)30-18-7-8-22-20(11-18)17(13-26-22)10-16-5-3-2-4-6-16/h7-9,11-13,16,26H,2-6,10,14H2,1H3,(H,27,28). The highest BCUT2D eigenvalue weighted by Crippen LogP contribution is 2.38. The average molecular weight is 428 g/mol. The molecule has 0 radical (unpaired) electrons. The molecule has 1 saturated carbocycles. The zero-order valence-corrected chi connectivity index (χ0v) is 17.8. The van der Waals surface area contributed by atoms with Gasteiger partial charge in [-0.1, -0.05) is 43.7 Å². The van der Waals surface area contributed by atoms with Gasteiger partial charge in [-0.2, -0.15) is 0 Å². The first kappa shape index (κ1) is 20.6. The van der Waals surface area contributed by atoms with Crippen LogP contribution in [0.2, 0.25) is 5.02 Å². The van der Waals surface area contributed by atoms with Crippen molar-refractivity contribution in [3.8, 4) is 17.2 Å². The van der Waals surface area contributed by atoms with E-state index in [2.05, 4.69) is 17.2 Å². The number of aliphatic carboxylic acids is 1. The number of carbonyl (C=O) groups is 1. The van der Waals surface area contributed by atoms with Gasteiger partial charge in [0.2, 0.25) is 0 Å². The Labute approximate surface area is 181 Å². The molecule has 3 aromatic rings. The van der Waals surface area contributed by atoms with Gasteiger partial charge in [-0.3, -0.25) is 0 Å². The average Bonchev–Trinajstić information content (AvgIpc) is 3.12. The molecule has 1 aromatic heterocycles. The lowest BCUT2D eigenvalue weighted by Crippen LogP contribution is -2.09. The Balaban J connectivity index is 1.55. The molecule has 0 spiro atoms. The van der Waals surface area contributed by atoms with Crippen LogP contribution in [-0.4, -0.2) is 22.7 Å². The fourth-order valence-corrected chi connectivity index (χ4v) is 4.56. The molecular formula is C24H26ClNO4. The summed E-state index contributed by atoms with van der Waals surface area (Å²) in [5.41, 5.74) is 3.22. The van der Waals surface area contributed by atoms with Crippen LogP contribution in [0.3, 0.4) is 0 Å². The van der Waals surface area contributed by atoms with E-state index >= 15 is 0 Å². The summed E-state index contributed by atoms with van der Waals surface area (Å²) in [6.45, 7) is 1.45. The van der Waals surface area contributed by atoms with Crippen molar-refractivity contribution in [3.05, 3.63) is 52.7 Å². The lowest BCUT2D eigenvalue weighted by molar-refractivity contribution is -0.139. The van der Waals surface area contributed by atoms with Crippen molar-refractivity contribution in [2.45, 2.75) is 45.4 Å². The molecule has 158 valence electrons. The summed E-state index contributed by atoms with van der Waals surface area (Å²) in [5.74, 6) is 1.40. The van der Waals surface area contributed by atoms with Crippen molar-refractivity contribution in [2.75, 3.05) is 6.61 Å². The first-order chi connectivity index (χ1) is 14.5. The maximum absolute atomic E-state index is 10.7. The Hall–Kier alpha value is -2.66. The van der Waals surface area contributed by atoms with Gasteiger partial charge < -0.3 is 19.6 Å². The van der Waals surface area contributed by atoms with Crippen LogP contribution in [0.1, 0.15) is 43.2 Å². The number of rotatable bonds is 7. The minimum Gasteiger partial charge on any atom is -0.482 e. The minimum atomic E-state index is -1.03. The van der Waals surface area contributed by atoms with E-state index in [9.17, 15) is 4.79 Å². The molecule has 1 fully saturated rings. The van der Waals surface area contributed by atoms with E-state index in [-0.39, 0.29) is 0 Å². The molecule has 0 amide bonds. The van der Waals surface area contributed by atoms with Crippen molar-refractivity contribution < 1.29 is 19.4 Å². The van der Waals surface area contributed by atoms with Gasteiger partial charge in [0, 0.05) is 23.2 Å². The van der Waals surface area contributed by atoms with E-state index in [4.69, 9.17) is 26.2 Å². The number of halogens is 1. The highest BCUT2D eigenvalue weighted by molar-refractivity contribution is 6.32.